The summed E-state index contributed by atoms with van der Waals surface area (Å²) in [5.41, 5.74) is 2.10. The van der Waals surface area contributed by atoms with Crippen LogP contribution < -0.4 is 4.74 Å². The van der Waals surface area contributed by atoms with Crippen LogP contribution in [0.25, 0.3) is 0 Å². The van der Waals surface area contributed by atoms with Crippen molar-refractivity contribution in [3.05, 3.63) is 41.5 Å². The Hall–Kier alpha value is -1.82. The van der Waals surface area contributed by atoms with Gasteiger partial charge >= 0.3 is 0 Å². The Kier molecular flexibility index (Phi) is 5.63. The Morgan fingerprint density at radius 3 is 2.39 bits per heavy atom. The fourth-order valence-corrected chi connectivity index (χ4v) is 6.06. The van der Waals surface area contributed by atoms with Gasteiger partial charge in [0.2, 0.25) is 5.91 Å². The molecule has 28 heavy (non-hydrogen) atoms. The van der Waals surface area contributed by atoms with Gasteiger partial charge in [-0.2, -0.15) is 0 Å². The van der Waals surface area contributed by atoms with Gasteiger partial charge in [0.15, 0.2) is 9.84 Å². The summed E-state index contributed by atoms with van der Waals surface area (Å²) >= 11 is 0. The van der Waals surface area contributed by atoms with Gasteiger partial charge in [0.05, 0.1) is 24.5 Å². The van der Waals surface area contributed by atoms with Gasteiger partial charge < -0.3 is 9.64 Å². The van der Waals surface area contributed by atoms with Gasteiger partial charge in [0, 0.05) is 12.6 Å². The highest BCUT2D eigenvalue weighted by molar-refractivity contribution is 7.91. The molecule has 3 atom stereocenters. The number of carbonyl (C=O) groups excluding carboxylic acids is 1. The molecule has 0 radical (unpaired) electrons. The molecular formula is C22H31NO4S. The molecule has 5 nitrogen and oxygen atoms in total. The first-order valence-corrected chi connectivity index (χ1v) is 11.7. The van der Waals surface area contributed by atoms with Gasteiger partial charge in [-0.3, -0.25) is 4.79 Å². The molecule has 0 unspecified atom stereocenters. The third kappa shape index (κ3) is 4.27. The van der Waals surface area contributed by atoms with Crippen LogP contribution in [0.5, 0.6) is 5.75 Å². The molecule has 0 spiro atoms. The van der Waals surface area contributed by atoms with Crippen LogP contribution in [0.15, 0.2) is 35.9 Å². The molecule has 1 saturated heterocycles. The molecule has 6 heteroatoms. The number of benzene rings is 1. The third-order valence-corrected chi connectivity index (χ3v) is 7.88. The second kappa shape index (κ2) is 7.54. The summed E-state index contributed by atoms with van der Waals surface area (Å²) in [6.07, 6.45) is 2.70. The summed E-state index contributed by atoms with van der Waals surface area (Å²) in [4.78, 5) is 15.3. The van der Waals surface area contributed by atoms with Crippen molar-refractivity contribution in [1.82, 2.24) is 4.90 Å². The first-order valence-electron chi connectivity index (χ1n) is 9.84. The Labute approximate surface area is 168 Å². The third-order valence-electron chi connectivity index (χ3n) is 6.13. The molecular weight excluding hydrogens is 374 g/mol. The van der Waals surface area contributed by atoms with E-state index >= 15 is 0 Å². The summed E-state index contributed by atoms with van der Waals surface area (Å²) in [7, 11) is -1.45. The predicted molar refractivity (Wildman–Crippen MR) is 111 cm³/mol. The maximum Gasteiger partial charge on any atom is 0.227 e. The summed E-state index contributed by atoms with van der Waals surface area (Å²) in [6, 6.07) is 7.37. The standard InChI is InChI=1S/C22H31NO4S/c1-15(2)12-19-20(22(19,3)4)21(24)23(17-10-11-28(25,26)14-17)13-16-6-8-18(27-5)9-7-16/h6-9,12,17,19-20H,10-11,13-14H2,1-5H3/t17-,19-,20-/m1/s1. The van der Waals surface area contributed by atoms with Gasteiger partial charge in [-0.25, -0.2) is 8.42 Å². The van der Waals surface area contributed by atoms with E-state index < -0.39 is 9.84 Å². The van der Waals surface area contributed by atoms with Gasteiger partial charge in [-0.15, -0.1) is 0 Å². The van der Waals surface area contributed by atoms with E-state index in [1.165, 1.54) is 5.57 Å². The van der Waals surface area contributed by atoms with Crippen LogP contribution in [0.3, 0.4) is 0 Å². The Morgan fingerprint density at radius 1 is 1.25 bits per heavy atom. The minimum Gasteiger partial charge on any atom is -0.497 e. The molecule has 1 aromatic rings. The number of hydrogen-bond donors (Lipinski definition) is 0. The van der Waals surface area contributed by atoms with Crippen molar-refractivity contribution in [3.8, 4) is 5.75 Å². The topological polar surface area (TPSA) is 63.7 Å². The average Bonchev–Trinajstić information content (AvgIpc) is 2.95. The van der Waals surface area contributed by atoms with Crippen LogP contribution in [-0.4, -0.2) is 43.9 Å². The van der Waals surface area contributed by atoms with Crippen LogP contribution in [0, 0.1) is 17.3 Å². The molecule has 154 valence electrons. The number of hydrogen-bond acceptors (Lipinski definition) is 4. The van der Waals surface area contributed by atoms with Gasteiger partial charge in [-0.1, -0.05) is 37.6 Å². The van der Waals surface area contributed by atoms with E-state index in [4.69, 9.17) is 4.74 Å². The molecule has 0 aromatic heterocycles. The average molecular weight is 406 g/mol. The maximum absolute atomic E-state index is 13.5. The number of ether oxygens (including phenoxy) is 1. The number of carbonyl (C=O) groups is 1. The van der Waals surface area contributed by atoms with E-state index in [1.807, 2.05) is 29.2 Å². The molecule has 2 fully saturated rings. The minimum absolute atomic E-state index is 0.0648. The van der Waals surface area contributed by atoms with Crippen molar-refractivity contribution < 1.29 is 17.9 Å². The predicted octanol–water partition coefficient (Wildman–Crippen LogP) is 3.45. The lowest BCUT2D eigenvalue weighted by molar-refractivity contribution is -0.136. The molecule has 1 aliphatic carbocycles. The van der Waals surface area contributed by atoms with Crippen molar-refractivity contribution >= 4 is 15.7 Å². The summed E-state index contributed by atoms with van der Waals surface area (Å²) in [5.74, 6) is 1.18. The van der Waals surface area contributed by atoms with Crippen LogP contribution in [-0.2, 0) is 21.2 Å². The van der Waals surface area contributed by atoms with Crippen molar-refractivity contribution in [2.75, 3.05) is 18.6 Å². The van der Waals surface area contributed by atoms with E-state index in [-0.39, 0.29) is 40.7 Å². The Balaban J connectivity index is 1.86. The zero-order valence-electron chi connectivity index (χ0n) is 17.4. The quantitative estimate of drug-likeness (QED) is 0.680. The summed E-state index contributed by atoms with van der Waals surface area (Å²) in [6.45, 7) is 8.77. The van der Waals surface area contributed by atoms with E-state index in [9.17, 15) is 13.2 Å². The first kappa shape index (κ1) is 20.9. The van der Waals surface area contributed by atoms with Gasteiger partial charge in [-0.05, 0) is 49.3 Å². The first-order chi connectivity index (χ1) is 13.0. The van der Waals surface area contributed by atoms with E-state index in [0.717, 1.165) is 11.3 Å². The number of allylic oxidation sites excluding steroid dienone is 2. The van der Waals surface area contributed by atoms with Gasteiger partial charge in [0.25, 0.3) is 0 Å². The highest BCUT2D eigenvalue weighted by atomic mass is 32.2. The fourth-order valence-electron chi connectivity index (χ4n) is 4.33. The van der Waals surface area contributed by atoms with Crippen LogP contribution in [0.4, 0.5) is 0 Å². The number of amides is 1. The zero-order valence-corrected chi connectivity index (χ0v) is 18.3. The van der Waals surface area contributed by atoms with Crippen LogP contribution in [0.2, 0.25) is 0 Å². The lowest BCUT2D eigenvalue weighted by Crippen LogP contribution is -2.42. The molecule has 1 heterocycles. The highest BCUT2D eigenvalue weighted by Crippen LogP contribution is 2.60. The largest absolute Gasteiger partial charge is 0.497 e. The fraction of sp³-hybridized carbons (Fsp3) is 0.591. The maximum atomic E-state index is 13.5. The number of nitrogens with zero attached hydrogens (tertiary/aromatic N) is 1. The van der Waals surface area contributed by atoms with E-state index in [2.05, 4.69) is 33.8 Å². The monoisotopic (exact) mass is 405 g/mol. The van der Waals surface area contributed by atoms with E-state index in [1.54, 1.807) is 7.11 Å². The molecule has 0 bridgehead atoms. The lowest BCUT2D eigenvalue weighted by Gasteiger charge is -2.29. The van der Waals surface area contributed by atoms with Crippen LogP contribution in [0.1, 0.15) is 39.7 Å². The van der Waals surface area contributed by atoms with E-state index in [0.29, 0.717) is 13.0 Å². The molecule has 2 aliphatic rings. The number of sulfone groups is 1. The second-order valence-electron chi connectivity index (χ2n) is 8.94. The zero-order chi connectivity index (χ0) is 20.7. The second-order valence-corrected chi connectivity index (χ2v) is 11.2. The van der Waals surface area contributed by atoms with Crippen molar-refractivity contribution in [1.29, 1.82) is 0 Å². The highest BCUT2D eigenvalue weighted by Gasteiger charge is 2.61. The van der Waals surface area contributed by atoms with Crippen molar-refractivity contribution in [2.24, 2.45) is 17.3 Å². The lowest BCUT2D eigenvalue weighted by atomic mass is 10.1. The minimum atomic E-state index is -3.07. The smallest absolute Gasteiger partial charge is 0.227 e. The van der Waals surface area contributed by atoms with Crippen molar-refractivity contribution in [2.45, 2.75) is 46.7 Å². The SMILES string of the molecule is COc1ccc(CN(C(=O)[C@H]2[C@@H](C=C(C)C)C2(C)C)[C@@H]2CCS(=O)(=O)C2)cc1. The normalized spacial score (nSPS) is 27.1. The molecule has 1 amide bonds. The summed E-state index contributed by atoms with van der Waals surface area (Å²) < 4.78 is 29.3. The number of rotatable bonds is 6. The molecule has 1 aromatic carbocycles. The Bertz CT molecular complexity index is 866. The molecule has 1 saturated carbocycles. The molecule has 3 rings (SSSR count). The molecule has 0 N–H and O–H groups in total. The Morgan fingerprint density at radius 2 is 1.89 bits per heavy atom. The number of methoxy groups -OCH3 is 1. The van der Waals surface area contributed by atoms with Crippen LogP contribution >= 0.6 is 0 Å². The van der Waals surface area contributed by atoms with Crippen molar-refractivity contribution in [3.63, 3.8) is 0 Å². The molecule has 1 aliphatic heterocycles. The summed E-state index contributed by atoms with van der Waals surface area (Å²) in [5, 5.41) is 0. The van der Waals surface area contributed by atoms with Gasteiger partial charge in [0.1, 0.15) is 5.75 Å².